The lowest BCUT2D eigenvalue weighted by molar-refractivity contribution is 0.0526. The van der Waals surface area contributed by atoms with Crippen molar-refractivity contribution >= 4 is 23.5 Å². The summed E-state index contributed by atoms with van der Waals surface area (Å²) in [7, 11) is 0. The molecule has 1 saturated carbocycles. The highest BCUT2D eigenvalue weighted by Crippen LogP contribution is 2.29. The number of nitrogens with zero attached hydrogens (tertiary/aromatic N) is 2. The van der Waals surface area contributed by atoms with E-state index in [0.29, 0.717) is 11.8 Å². The zero-order chi connectivity index (χ0) is 14.4. The average molecular weight is 295 g/mol. The summed E-state index contributed by atoms with van der Waals surface area (Å²) in [6, 6.07) is 0. The van der Waals surface area contributed by atoms with Gasteiger partial charge in [0.05, 0.1) is 6.61 Å². The lowest BCUT2D eigenvalue weighted by Crippen LogP contribution is -2.12. The number of ether oxygens (including phenoxy) is 1. The minimum atomic E-state index is -0.464. The molecule has 1 heterocycles. The van der Waals surface area contributed by atoms with Crippen molar-refractivity contribution in [3.05, 3.63) is 11.8 Å². The van der Waals surface area contributed by atoms with Crippen molar-refractivity contribution in [2.45, 2.75) is 44.2 Å². The molecule has 0 aromatic carbocycles. The van der Waals surface area contributed by atoms with Gasteiger partial charge in [0.25, 0.3) is 0 Å². The van der Waals surface area contributed by atoms with Gasteiger partial charge < -0.3 is 10.5 Å². The summed E-state index contributed by atoms with van der Waals surface area (Å²) in [6.07, 6.45) is 8.07. The van der Waals surface area contributed by atoms with Gasteiger partial charge in [0.15, 0.2) is 5.16 Å². The van der Waals surface area contributed by atoms with Gasteiger partial charge in [-0.2, -0.15) is 0 Å². The number of hydrogen-bond acceptors (Lipinski definition) is 6. The summed E-state index contributed by atoms with van der Waals surface area (Å²) in [5, 5.41) is 0.640. The molecular weight excluding hydrogens is 274 g/mol. The van der Waals surface area contributed by atoms with E-state index in [2.05, 4.69) is 9.97 Å². The van der Waals surface area contributed by atoms with Gasteiger partial charge in [0, 0.05) is 11.9 Å². The van der Waals surface area contributed by atoms with E-state index >= 15 is 0 Å². The van der Waals surface area contributed by atoms with Crippen LogP contribution in [0.5, 0.6) is 0 Å². The molecule has 2 N–H and O–H groups in total. The molecule has 6 heteroatoms. The SMILES string of the molecule is CCOC(=O)c1cnc(SCC2CCCCC2)nc1N. The van der Waals surface area contributed by atoms with Crippen molar-refractivity contribution in [3.63, 3.8) is 0 Å². The third-order valence-corrected chi connectivity index (χ3v) is 4.56. The molecule has 1 aliphatic carbocycles. The number of carbonyl (C=O) groups is 1. The lowest BCUT2D eigenvalue weighted by atomic mass is 9.91. The molecule has 1 aromatic rings. The molecule has 0 amide bonds. The number of esters is 1. The Balaban J connectivity index is 1.92. The maximum Gasteiger partial charge on any atom is 0.343 e. The molecule has 2 rings (SSSR count). The molecule has 1 aliphatic rings. The maximum atomic E-state index is 11.6. The summed E-state index contributed by atoms with van der Waals surface area (Å²) in [4.78, 5) is 20.0. The van der Waals surface area contributed by atoms with Gasteiger partial charge in [-0.25, -0.2) is 14.8 Å². The van der Waals surface area contributed by atoms with Gasteiger partial charge in [0.1, 0.15) is 11.4 Å². The van der Waals surface area contributed by atoms with Crippen LogP contribution in [0.3, 0.4) is 0 Å². The maximum absolute atomic E-state index is 11.6. The summed E-state index contributed by atoms with van der Waals surface area (Å²) >= 11 is 1.62. The minimum absolute atomic E-state index is 0.199. The Labute approximate surface area is 123 Å². The van der Waals surface area contributed by atoms with Crippen molar-refractivity contribution in [1.29, 1.82) is 0 Å². The number of nitrogen functional groups attached to an aromatic ring is 1. The highest BCUT2D eigenvalue weighted by Gasteiger charge is 2.16. The van der Waals surface area contributed by atoms with Crippen molar-refractivity contribution in [2.24, 2.45) is 5.92 Å². The number of nitrogens with two attached hydrogens (primary N) is 1. The Morgan fingerprint density at radius 2 is 2.20 bits per heavy atom. The Morgan fingerprint density at radius 3 is 2.85 bits per heavy atom. The predicted molar refractivity (Wildman–Crippen MR) is 79.7 cm³/mol. The Morgan fingerprint density at radius 1 is 1.45 bits per heavy atom. The van der Waals surface area contributed by atoms with Crippen LogP contribution >= 0.6 is 11.8 Å². The van der Waals surface area contributed by atoms with Gasteiger partial charge in [-0.1, -0.05) is 31.0 Å². The largest absolute Gasteiger partial charge is 0.462 e. The predicted octanol–water partition coefficient (Wildman–Crippen LogP) is 2.91. The van der Waals surface area contributed by atoms with Crippen molar-refractivity contribution < 1.29 is 9.53 Å². The molecule has 0 aliphatic heterocycles. The van der Waals surface area contributed by atoms with Crippen molar-refractivity contribution in [1.82, 2.24) is 9.97 Å². The molecule has 0 bridgehead atoms. The third kappa shape index (κ3) is 4.10. The Hall–Kier alpha value is -1.30. The Bertz CT molecular complexity index is 462. The van der Waals surface area contributed by atoms with E-state index in [4.69, 9.17) is 10.5 Å². The molecule has 110 valence electrons. The number of hydrogen-bond donors (Lipinski definition) is 1. The second-order valence-electron chi connectivity index (χ2n) is 4.99. The smallest absolute Gasteiger partial charge is 0.343 e. The monoisotopic (exact) mass is 295 g/mol. The first-order chi connectivity index (χ1) is 9.70. The molecule has 0 spiro atoms. The van der Waals surface area contributed by atoms with Crippen LogP contribution in [0.4, 0.5) is 5.82 Å². The molecule has 1 fully saturated rings. The van der Waals surface area contributed by atoms with Crippen molar-refractivity contribution in [2.75, 3.05) is 18.1 Å². The molecule has 0 unspecified atom stereocenters. The van der Waals surface area contributed by atoms with Gasteiger partial charge in [0.2, 0.25) is 0 Å². The van der Waals surface area contributed by atoms with Crippen LogP contribution in [0, 0.1) is 5.92 Å². The van der Waals surface area contributed by atoms with Crippen LogP contribution in [0.15, 0.2) is 11.4 Å². The second kappa shape index (κ2) is 7.47. The quantitative estimate of drug-likeness (QED) is 0.511. The first-order valence-electron chi connectivity index (χ1n) is 7.13. The fraction of sp³-hybridized carbons (Fsp3) is 0.643. The topological polar surface area (TPSA) is 78.1 Å². The van der Waals surface area contributed by atoms with Gasteiger partial charge in [-0.3, -0.25) is 0 Å². The molecule has 1 aromatic heterocycles. The Kier molecular flexibility index (Phi) is 5.64. The second-order valence-corrected chi connectivity index (χ2v) is 5.97. The van der Waals surface area contributed by atoms with Gasteiger partial charge in [-0.15, -0.1) is 0 Å². The fourth-order valence-electron chi connectivity index (χ4n) is 2.36. The van der Waals surface area contributed by atoms with E-state index < -0.39 is 5.97 Å². The molecule has 0 saturated heterocycles. The molecule has 0 radical (unpaired) electrons. The molecular formula is C14H21N3O2S. The van der Waals surface area contributed by atoms with Crippen LogP contribution in [0.2, 0.25) is 0 Å². The number of rotatable bonds is 5. The normalized spacial score (nSPS) is 16.1. The van der Waals surface area contributed by atoms with E-state index in [1.165, 1.54) is 38.3 Å². The van der Waals surface area contributed by atoms with Gasteiger partial charge in [-0.05, 0) is 25.7 Å². The van der Waals surface area contributed by atoms with E-state index in [1.807, 2.05) is 0 Å². The van der Waals surface area contributed by atoms with Crippen molar-refractivity contribution in [3.8, 4) is 0 Å². The van der Waals surface area contributed by atoms with E-state index in [0.717, 1.165) is 11.7 Å². The first kappa shape index (κ1) is 15.1. The van der Waals surface area contributed by atoms with Crippen LogP contribution < -0.4 is 5.73 Å². The van der Waals surface area contributed by atoms with Crippen LogP contribution in [0.25, 0.3) is 0 Å². The van der Waals surface area contributed by atoms with Crippen LogP contribution in [-0.2, 0) is 4.74 Å². The van der Waals surface area contributed by atoms with Crippen LogP contribution in [0.1, 0.15) is 49.4 Å². The molecule has 5 nitrogen and oxygen atoms in total. The average Bonchev–Trinajstić information content (AvgIpc) is 2.46. The highest BCUT2D eigenvalue weighted by atomic mass is 32.2. The minimum Gasteiger partial charge on any atom is -0.462 e. The summed E-state index contributed by atoms with van der Waals surface area (Å²) in [5.41, 5.74) is 6.04. The lowest BCUT2D eigenvalue weighted by Gasteiger charge is -2.20. The number of aromatic nitrogens is 2. The number of thioether (sulfide) groups is 1. The third-order valence-electron chi connectivity index (χ3n) is 3.46. The number of anilines is 1. The standard InChI is InChI=1S/C14H21N3O2S/c1-2-19-13(18)11-8-16-14(17-12(11)15)20-9-10-6-4-3-5-7-10/h8,10H,2-7,9H2,1H3,(H2,15,16,17). The number of carbonyl (C=O) groups excluding carboxylic acids is 1. The molecule has 0 atom stereocenters. The summed E-state index contributed by atoms with van der Waals surface area (Å²) < 4.78 is 4.90. The highest BCUT2D eigenvalue weighted by molar-refractivity contribution is 7.99. The van der Waals surface area contributed by atoms with E-state index in [1.54, 1.807) is 18.7 Å². The first-order valence-corrected chi connectivity index (χ1v) is 8.11. The van der Waals surface area contributed by atoms with Crippen LogP contribution in [-0.4, -0.2) is 28.3 Å². The fourth-order valence-corrected chi connectivity index (χ4v) is 3.37. The summed E-state index contributed by atoms with van der Waals surface area (Å²) in [6.45, 7) is 2.07. The van der Waals surface area contributed by atoms with Gasteiger partial charge >= 0.3 is 5.97 Å². The van der Waals surface area contributed by atoms with E-state index in [-0.39, 0.29) is 11.4 Å². The zero-order valence-electron chi connectivity index (χ0n) is 11.8. The zero-order valence-corrected chi connectivity index (χ0v) is 12.6. The summed E-state index contributed by atoms with van der Waals surface area (Å²) in [5.74, 6) is 1.51. The van der Waals surface area contributed by atoms with E-state index in [9.17, 15) is 4.79 Å². The molecule has 20 heavy (non-hydrogen) atoms.